The van der Waals surface area contributed by atoms with Crippen LogP contribution in [0.2, 0.25) is 5.02 Å². The van der Waals surface area contributed by atoms with Crippen LogP contribution in [0, 0.1) is 18.6 Å². The molecular weight excluding hydrogens is 358 g/mol. The average molecular weight is 368 g/mol. The lowest BCUT2D eigenvalue weighted by molar-refractivity contribution is 0.510. The fourth-order valence-corrected chi connectivity index (χ4v) is 3.46. The van der Waals surface area contributed by atoms with Crippen LogP contribution in [0.5, 0.6) is 0 Å². The number of halogens is 4. The zero-order chi connectivity index (χ0) is 14.2. The van der Waals surface area contributed by atoms with Crippen molar-refractivity contribution in [2.45, 2.75) is 13.0 Å². The lowest BCUT2D eigenvalue weighted by Crippen LogP contribution is -2.30. The van der Waals surface area contributed by atoms with Crippen LogP contribution >= 0.6 is 38.9 Å². The van der Waals surface area contributed by atoms with Crippen LogP contribution in [-0.2, 0) is 0 Å². The molecule has 0 aliphatic rings. The first-order chi connectivity index (χ1) is 8.97. The molecule has 1 aromatic carbocycles. The van der Waals surface area contributed by atoms with Gasteiger partial charge in [0.15, 0.2) is 0 Å². The summed E-state index contributed by atoms with van der Waals surface area (Å²) in [5, 5.41) is 2.28. The Labute approximate surface area is 126 Å². The smallest absolute Gasteiger partial charge is 0.145 e. The number of hydrazine groups is 1. The summed E-state index contributed by atoms with van der Waals surface area (Å²) in [5.41, 5.74) is 3.12. The van der Waals surface area contributed by atoms with E-state index in [0.717, 1.165) is 5.56 Å². The van der Waals surface area contributed by atoms with Gasteiger partial charge in [-0.2, -0.15) is 0 Å². The lowest BCUT2D eigenvalue weighted by atomic mass is 10.0. The molecule has 0 radical (unpaired) electrons. The van der Waals surface area contributed by atoms with Gasteiger partial charge in [-0.3, -0.25) is 5.84 Å². The van der Waals surface area contributed by atoms with Crippen molar-refractivity contribution in [2.24, 2.45) is 5.84 Å². The van der Waals surface area contributed by atoms with Crippen molar-refractivity contribution in [2.75, 3.05) is 0 Å². The summed E-state index contributed by atoms with van der Waals surface area (Å²) in [6.45, 7) is 1.82. The number of thiophene rings is 1. The third-order valence-corrected chi connectivity index (χ3v) is 5.11. The quantitative estimate of drug-likeness (QED) is 0.482. The second-order valence-corrected chi connectivity index (χ2v) is 6.10. The van der Waals surface area contributed by atoms with Crippen LogP contribution < -0.4 is 11.3 Å². The first kappa shape index (κ1) is 14.9. The highest BCUT2D eigenvalue weighted by Gasteiger charge is 2.26. The maximum Gasteiger partial charge on any atom is 0.145 e. The highest BCUT2D eigenvalue weighted by molar-refractivity contribution is 9.10. The van der Waals surface area contributed by atoms with E-state index in [0.29, 0.717) is 9.90 Å². The Morgan fingerprint density at radius 2 is 2.11 bits per heavy atom. The Hall–Kier alpha value is -0.530. The molecule has 0 amide bonds. The number of rotatable bonds is 3. The SMILES string of the molecule is Cc1csc(C(NN)c2c(F)ccc(Br)c2F)c1Cl. The molecule has 7 heteroatoms. The molecule has 1 unspecified atom stereocenters. The predicted molar refractivity (Wildman–Crippen MR) is 77.3 cm³/mol. The van der Waals surface area contributed by atoms with Crippen molar-refractivity contribution in [3.63, 3.8) is 0 Å². The second-order valence-electron chi connectivity index (χ2n) is 3.95. The fourth-order valence-electron chi connectivity index (χ4n) is 1.74. The van der Waals surface area contributed by atoms with Gasteiger partial charge in [0.1, 0.15) is 11.6 Å². The number of nitrogens with two attached hydrogens (primary N) is 1. The van der Waals surface area contributed by atoms with Gasteiger partial charge in [0, 0.05) is 10.4 Å². The second kappa shape index (κ2) is 5.85. The maximum atomic E-state index is 14.1. The van der Waals surface area contributed by atoms with Crippen LogP contribution in [0.25, 0.3) is 0 Å². The Kier molecular flexibility index (Phi) is 4.58. The van der Waals surface area contributed by atoms with E-state index in [9.17, 15) is 8.78 Å². The Balaban J connectivity index is 2.61. The molecule has 0 bridgehead atoms. The van der Waals surface area contributed by atoms with E-state index >= 15 is 0 Å². The van der Waals surface area contributed by atoms with E-state index in [-0.39, 0.29) is 10.0 Å². The first-order valence-corrected chi connectivity index (χ1v) is 7.35. The Morgan fingerprint density at radius 1 is 1.42 bits per heavy atom. The van der Waals surface area contributed by atoms with Gasteiger partial charge in [-0.05, 0) is 45.9 Å². The van der Waals surface area contributed by atoms with Crippen molar-refractivity contribution in [1.29, 1.82) is 0 Å². The van der Waals surface area contributed by atoms with E-state index in [4.69, 9.17) is 17.4 Å². The summed E-state index contributed by atoms with van der Waals surface area (Å²) >= 11 is 10.5. The number of aryl methyl sites for hydroxylation is 1. The van der Waals surface area contributed by atoms with E-state index < -0.39 is 17.7 Å². The molecule has 1 heterocycles. The summed E-state index contributed by atoms with van der Waals surface area (Å²) in [5.74, 6) is 4.09. The zero-order valence-electron chi connectivity index (χ0n) is 9.81. The molecule has 1 aromatic heterocycles. The molecular formula is C12H10BrClF2N2S. The summed E-state index contributed by atoms with van der Waals surface area (Å²) in [6, 6.07) is 1.66. The lowest BCUT2D eigenvalue weighted by Gasteiger charge is -2.17. The van der Waals surface area contributed by atoms with Crippen LogP contribution in [0.4, 0.5) is 8.78 Å². The minimum absolute atomic E-state index is 0.152. The Bertz CT molecular complexity index is 618. The Morgan fingerprint density at radius 3 is 2.63 bits per heavy atom. The normalized spacial score (nSPS) is 12.7. The predicted octanol–water partition coefficient (Wildman–Crippen LogP) is 4.30. The van der Waals surface area contributed by atoms with Gasteiger partial charge in [0.2, 0.25) is 0 Å². The fraction of sp³-hybridized carbons (Fsp3) is 0.167. The zero-order valence-corrected chi connectivity index (χ0v) is 13.0. The van der Waals surface area contributed by atoms with Crippen LogP contribution in [0.1, 0.15) is 22.0 Å². The third-order valence-electron chi connectivity index (χ3n) is 2.72. The number of hydrogen-bond acceptors (Lipinski definition) is 3. The van der Waals surface area contributed by atoms with Crippen molar-refractivity contribution in [3.8, 4) is 0 Å². The van der Waals surface area contributed by atoms with Crippen LogP contribution in [0.3, 0.4) is 0 Å². The van der Waals surface area contributed by atoms with E-state index in [2.05, 4.69) is 21.4 Å². The molecule has 0 saturated heterocycles. The first-order valence-electron chi connectivity index (χ1n) is 5.30. The molecule has 2 nitrogen and oxygen atoms in total. The standard InChI is InChI=1S/C12H10BrClF2N2S/c1-5-4-19-12(9(5)14)11(18-17)8-7(15)3-2-6(13)10(8)16/h2-4,11,18H,17H2,1H3. The van der Waals surface area contributed by atoms with Gasteiger partial charge >= 0.3 is 0 Å². The number of benzene rings is 1. The number of nitrogens with one attached hydrogen (secondary N) is 1. The molecule has 1 atom stereocenters. The molecule has 102 valence electrons. The third kappa shape index (κ3) is 2.68. The average Bonchev–Trinajstić information content (AvgIpc) is 2.71. The van der Waals surface area contributed by atoms with Crippen molar-refractivity contribution < 1.29 is 8.78 Å². The van der Waals surface area contributed by atoms with Gasteiger partial charge in [-0.1, -0.05) is 11.6 Å². The molecule has 0 fully saturated rings. The topological polar surface area (TPSA) is 38.0 Å². The van der Waals surface area contributed by atoms with Gasteiger partial charge in [-0.25, -0.2) is 14.2 Å². The monoisotopic (exact) mass is 366 g/mol. The molecule has 0 aliphatic heterocycles. The molecule has 3 N–H and O–H groups in total. The highest BCUT2D eigenvalue weighted by atomic mass is 79.9. The summed E-state index contributed by atoms with van der Waals surface area (Å²) in [6.07, 6.45) is 0. The van der Waals surface area contributed by atoms with Gasteiger partial charge < -0.3 is 0 Å². The number of hydrogen-bond donors (Lipinski definition) is 2. The molecule has 0 aliphatic carbocycles. The van der Waals surface area contributed by atoms with E-state index in [1.807, 2.05) is 12.3 Å². The van der Waals surface area contributed by atoms with Crippen molar-refractivity contribution in [1.82, 2.24) is 5.43 Å². The summed E-state index contributed by atoms with van der Waals surface area (Å²) in [7, 11) is 0. The minimum atomic E-state index is -0.830. The molecule has 19 heavy (non-hydrogen) atoms. The van der Waals surface area contributed by atoms with E-state index in [1.165, 1.54) is 23.5 Å². The molecule has 2 rings (SSSR count). The maximum absolute atomic E-state index is 14.1. The molecule has 0 saturated carbocycles. The van der Waals surface area contributed by atoms with Gasteiger partial charge in [-0.15, -0.1) is 11.3 Å². The van der Waals surface area contributed by atoms with Gasteiger partial charge in [0.25, 0.3) is 0 Å². The summed E-state index contributed by atoms with van der Waals surface area (Å²) in [4.78, 5) is 0.581. The van der Waals surface area contributed by atoms with Crippen molar-refractivity contribution >= 4 is 38.9 Å². The largest absolute Gasteiger partial charge is 0.271 e. The van der Waals surface area contributed by atoms with Crippen molar-refractivity contribution in [3.05, 3.63) is 54.6 Å². The minimum Gasteiger partial charge on any atom is -0.271 e. The molecule has 2 aromatic rings. The van der Waals surface area contributed by atoms with E-state index in [1.54, 1.807) is 0 Å². The molecule has 0 spiro atoms. The van der Waals surface area contributed by atoms with Crippen LogP contribution in [0.15, 0.2) is 22.0 Å². The van der Waals surface area contributed by atoms with Crippen LogP contribution in [-0.4, -0.2) is 0 Å². The summed E-state index contributed by atoms with van der Waals surface area (Å²) < 4.78 is 28.2. The van der Waals surface area contributed by atoms with Gasteiger partial charge in [0.05, 0.1) is 15.5 Å². The highest BCUT2D eigenvalue weighted by Crippen LogP contribution is 2.38.